The van der Waals surface area contributed by atoms with Crippen LogP contribution in [0, 0.1) is 6.92 Å². The normalized spacial score (nSPS) is 14.1. The fraction of sp³-hybridized carbons (Fsp3) is 0.333. The van der Waals surface area contributed by atoms with Crippen LogP contribution in [0.4, 0.5) is 0 Å². The van der Waals surface area contributed by atoms with Crippen LogP contribution in [-0.2, 0) is 18.7 Å². The number of rotatable bonds is 3. The van der Waals surface area contributed by atoms with E-state index in [-0.39, 0.29) is 5.56 Å². The minimum atomic E-state index is 0.0241. The molecule has 4 nitrogen and oxygen atoms in total. The van der Waals surface area contributed by atoms with Crippen LogP contribution in [0.15, 0.2) is 34.0 Å². The van der Waals surface area contributed by atoms with Crippen molar-refractivity contribution in [3.05, 3.63) is 57.3 Å². The summed E-state index contributed by atoms with van der Waals surface area (Å²) >= 11 is 1.69. The highest BCUT2D eigenvalue weighted by molar-refractivity contribution is 7.98. The van der Waals surface area contributed by atoms with Crippen molar-refractivity contribution in [3.8, 4) is 0 Å². The van der Waals surface area contributed by atoms with Gasteiger partial charge in [-0.25, -0.2) is 4.98 Å². The standard InChI is InChI=1S/C15H17N3OS/c1-10-2-4-11(5-3-10)20-9-14-17-13-8-16-7-6-12(13)15(19)18-14/h2-5,16H,6-9H2,1H3,(H,17,18,19). The van der Waals surface area contributed by atoms with Gasteiger partial charge in [0.2, 0.25) is 0 Å². The van der Waals surface area contributed by atoms with Crippen molar-refractivity contribution in [2.24, 2.45) is 0 Å². The van der Waals surface area contributed by atoms with Crippen LogP contribution in [0.25, 0.3) is 0 Å². The molecule has 2 heterocycles. The predicted octanol–water partition coefficient (Wildman–Crippen LogP) is 2.02. The lowest BCUT2D eigenvalue weighted by molar-refractivity contribution is 0.614. The molecule has 0 unspecified atom stereocenters. The van der Waals surface area contributed by atoms with Crippen LogP contribution < -0.4 is 10.9 Å². The molecule has 3 rings (SSSR count). The summed E-state index contributed by atoms with van der Waals surface area (Å²) in [6.45, 7) is 3.63. The first-order valence-corrected chi connectivity index (χ1v) is 7.72. The van der Waals surface area contributed by atoms with Gasteiger partial charge in [-0.2, -0.15) is 0 Å². The summed E-state index contributed by atoms with van der Waals surface area (Å²) in [6, 6.07) is 8.38. The molecule has 1 aliphatic heterocycles. The Hall–Kier alpha value is -1.59. The number of hydrogen-bond acceptors (Lipinski definition) is 4. The minimum Gasteiger partial charge on any atom is -0.311 e. The number of aromatic nitrogens is 2. The van der Waals surface area contributed by atoms with Gasteiger partial charge >= 0.3 is 0 Å². The first-order chi connectivity index (χ1) is 9.72. The molecular formula is C15H17N3OS. The summed E-state index contributed by atoms with van der Waals surface area (Å²) in [5.74, 6) is 1.44. The van der Waals surface area contributed by atoms with Gasteiger partial charge in [0.25, 0.3) is 5.56 Å². The first-order valence-electron chi connectivity index (χ1n) is 6.73. The van der Waals surface area contributed by atoms with Crippen molar-refractivity contribution in [2.75, 3.05) is 6.54 Å². The molecule has 0 fully saturated rings. The second kappa shape index (κ2) is 5.81. The molecule has 20 heavy (non-hydrogen) atoms. The quantitative estimate of drug-likeness (QED) is 0.848. The van der Waals surface area contributed by atoms with Crippen LogP contribution in [0.5, 0.6) is 0 Å². The fourth-order valence-corrected chi connectivity index (χ4v) is 3.04. The molecule has 0 spiro atoms. The SMILES string of the molecule is Cc1ccc(SCc2nc3c(c(=O)[nH]2)CCNC3)cc1. The molecule has 0 radical (unpaired) electrons. The number of hydrogen-bond donors (Lipinski definition) is 2. The Bertz CT molecular complexity index is 664. The molecule has 1 aliphatic rings. The maximum absolute atomic E-state index is 12.0. The van der Waals surface area contributed by atoms with Gasteiger partial charge in [0, 0.05) is 17.0 Å². The average molecular weight is 287 g/mol. The number of aryl methyl sites for hydroxylation is 1. The summed E-state index contributed by atoms with van der Waals surface area (Å²) in [5.41, 5.74) is 3.02. The maximum atomic E-state index is 12.0. The summed E-state index contributed by atoms with van der Waals surface area (Å²) in [6.07, 6.45) is 0.767. The highest BCUT2D eigenvalue weighted by Gasteiger charge is 2.14. The molecule has 0 atom stereocenters. The van der Waals surface area contributed by atoms with Crippen molar-refractivity contribution in [1.29, 1.82) is 0 Å². The molecule has 104 valence electrons. The Labute approximate surface area is 122 Å². The first kappa shape index (κ1) is 13.4. The summed E-state index contributed by atoms with van der Waals surface area (Å²) in [5, 5.41) is 3.25. The monoisotopic (exact) mass is 287 g/mol. The molecule has 0 saturated heterocycles. The van der Waals surface area contributed by atoms with Gasteiger partial charge < -0.3 is 10.3 Å². The van der Waals surface area contributed by atoms with Crippen LogP contribution in [0.3, 0.4) is 0 Å². The topological polar surface area (TPSA) is 57.8 Å². The van der Waals surface area contributed by atoms with E-state index in [4.69, 9.17) is 0 Å². The van der Waals surface area contributed by atoms with Gasteiger partial charge in [-0.3, -0.25) is 4.79 Å². The average Bonchev–Trinajstić information content (AvgIpc) is 2.47. The van der Waals surface area contributed by atoms with Gasteiger partial charge in [-0.15, -0.1) is 11.8 Å². The lowest BCUT2D eigenvalue weighted by atomic mass is 10.1. The smallest absolute Gasteiger partial charge is 0.254 e. The Morgan fingerprint density at radius 3 is 2.90 bits per heavy atom. The van der Waals surface area contributed by atoms with E-state index in [1.165, 1.54) is 10.5 Å². The van der Waals surface area contributed by atoms with Crippen LogP contribution in [-0.4, -0.2) is 16.5 Å². The molecule has 0 saturated carbocycles. The predicted molar refractivity (Wildman–Crippen MR) is 81.0 cm³/mol. The number of nitrogens with zero attached hydrogens (tertiary/aromatic N) is 1. The van der Waals surface area contributed by atoms with Crippen molar-refractivity contribution < 1.29 is 0 Å². The van der Waals surface area contributed by atoms with E-state index < -0.39 is 0 Å². The number of H-pyrrole nitrogens is 1. The minimum absolute atomic E-state index is 0.0241. The number of nitrogens with one attached hydrogen (secondary N) is 2. The lowest BCUT2D eigenvalue weighted by Crippen LogP contribution is -2.31. The molecule has 2 N–H and O–H groups in total. The molecule has 0 bridgehead atoms. The Morgan fingerprint density at radius 1 is 1.30 bits per heavy atom. The van der Waals surface area contributed by atoms with E-state index in [0.29, 0.717) is 12.3 Å². The highest BCUT2D eigenvalue weighted by Crippen LogP contribution is 2.21. The molecular weight excluding hydrogens is 270 g/mol. The van der Waals surface area contributed by atoms with E-state index >= 15 is 0 Å². The van der Waals surface area contributed by atoms with Gasteiger partial charge in [-0.1, -0.05) is 17.7 Å². The number of aromatic amines is 1. The van der Waals surface area contributed by atoms with E-state index in [2.05, 4.69) is 46.5 Å². The van der Waals surface area contributed by atoms with Gasteiger partial charge in [-0.05, 0) is 32.0 Å². The summed E-state index contributed by atoms with van der Waals surface area (Å²) < 4.78 is 0. The van der Waals surface area contributed by atoms with E-state index in [9.17, 15) is 4.79 Å². The van der Waals surface area contributed by atoms with Crippen LogP contribution >= 0.6 is 11.8 Å². The Kier molecular flexibility index (Phi) is 3.89. The zero-order chi connectivity index (χ0) is 13.9. The Morgan fingerprint density at radius 2 is 2.10 bits per heavy atom. The maximum Gasteiger partial charge on any atom is 0.254 e. The number of fused-ring (bicyclic) bond motifs is 1. The molecule has 1 aromatic heterocycles. The van der Waals surface area contributed by atoms with Crippen molar-refractivity contribution in [3.63, 3.8) is 0 Å². The van der Waals surface area contributed by atoms with Crippen LogP contribution in [0.1, 0.15) is 22.6 Å². The van der Waals surface area contributed by atoms with Crippen molar-refractivity contribution >= 4 is 11.8 Å². The van der Waals surface area contributed by atoms with E-state index in [1.807, 2.05) is 0 Å². The summed E-state index contributed by atoms with van der Waals surface area (Å²) in [4.78, 5) is 20.7. The molecule has 2 aromatic rings. The summed E-state index contributed by atoms with van der Waals surface area (Å²) in [7, 11) is 0. The second-order valence-electron chi connectivity index (χ2n) is 4.97. The number of benzene rings is 1. The largest absolute Gasteiger partial charge is 0.311 e. The zero-order valence-electron chi connectivity index (χ0n) is 11.4. The third-order valence-corrected chi connectivity index (χ3v) is 4.41. The molecule has 0 aliphatic carbocycles. The Balaban J connectivity index is 1.76. The molecule has 5 heteroatoms. The van der Waals surface area contributed by atoms with E-state index in [0.717, 1.165) is 30.0 Å². The third-order valence-electron chi connectivity index (χ3n) is 3.39. The molecule has 0 amide bonds. The fourth-order valence-electron chi connectivity index (χ4n) is 2.27. The van der Waals surface area contributed by atoms with Gasteiger partial charge in [0.15, 0.2) is 0 Å². The highest BCUT2D eigenvalue weighted by atomic mass is 32.2. The van der Waals surface area contributed by atoms with Crippen molar-refractivity contribution in [2.45, 2.75) is 30.5 Å². The van der Waals surface area contributed by atoms with Gasteiger partial charge in [0.05, 0.1) is 11.4 Å². The second-order valence-corrected chi connectivity index (χ2v) is 6.02. The zero-order valence-corrected chi connectivity index (χ0v) is 12.2. The molecule has 1 aromatic carbocycles. The lowest BCUT2D eigenvalue weighted by Gasteiger charge is -2.15. The van der Waals surface area contributed by atoms with Gasteiger partial charge in [0.1, 0.15) is 5.82 Å². The van der Waals surface area contributed by atoms with E-state index in [1.54, 1.807) is 11.8 Å². The van der Waals surface area contributed by atoms with Crippen molar-refractivity contribution in [1.82, 2.24) is 15.3 Å². The number of thioether (sulfide) groups is 1. The third kappa shape index (κ3) is 2.94. The van der Waals surface area contributed by atoms with Crippen LogP contribution in [0.2, 0.25) is 0 Å².